The van der Waals surface area contributed by atoms with Gasteiger partial charge in [0.05, 0.1) is 12.1 Å². The monoisotopic (exact) mass is 319 g/mol. The van der Waals surface area contributed by atoms with Crippen LogP contribution < -0.4 is 5.32 Å². The van der Waals surface area contributed by atoms with Crippen LogP contribution in [0.4, 0.5) is 0 Å². The van der Waals surface area contributed by atoms with E-state index in [9.17, 15) is 9.59 Å². The van der Waals surface area contributed by atoms with Crippen LogP contribution in [0.5, 0.6) is 0 Å². The molecule has 0 atom stereocenters. The maximum Gasteiger partial charge on any atom is 0.252 e. The second-order valence-electron chi connectivity index (χ2n) is 5.31. The minimum Gasteiger partial charge on any atom is -0.364 e. The fourth-order valence-corrected chi connectivity index (χ4v) is 3.17. The van der Waals surface area contributed by atoms with Gasteiger partial charge in [-0.3, -0.25) is 9.59 Å². The molecule has 116 valence electrons. The molecule has 3 heterocycles. The average molecular weight is 319 g/mol. The number of nitrogens with zero attached hydrogens (tertiary/aromatic N) is 2. The number of aromatic nitrogens is 1. The molecule has 0 saturated carbocycles. The Morgan fingerprint density at radius 1 is 1.36 bits per heavy atom. The molecule has 0 aliphatic carbocycles. The smallest absolute Gasteiger partial charge is 0.252 e. The van der Waals surface area contributed by atoms with Crippen LogP contribution >= 0.6 is 11.3 Å². The molecule has 2 aromatic heterocycles. The van der Waals surface area contributed by atoms with E-state index >= 15 is 0 Å². The zero-order valence-corrected chi connectivity index (χ0v) is 12.8. The third-order valence-corrected chi connectivity index (χ3v) is 4.47. The third-order valence-electron chi connectivity index (χ3n) is 3.79. The molecule has 1 N–H and O–H groups in total. The number of nitrogens with one attached hydrogen (secondary N) is 1. The topological polar surface area (TPSA) is 75.4 Å². The fourth-order valence-electron chi connectivity index (χ4n) is 2.53. The largest absolute Gasteiger partial charge is 0.364 e. The minimum absolute atomic E-state index is 0.0337. The summed E-state index contributed by atoms with van der Waals surface area (Å²) in [6.45, 7) is 1.32. The van der Waals surface area contributed by atoms with Gasteiger partial charge in [0.1, 0.15) is 6.26 Å². The lowest BCUT2D eigenvalue weighted by atomic mass is 10.0. The zero-order valence-electron chi connectivity index (χ0n) is 12.0. The van der Waals surface area contributed by atoms with Crippen LogP contribution in [-0.4, -0.2) is 41.0 Å². The molecular weight excluding hydrogens is 302 g/mol. The van der Waals surface area contributed by atoms with Crippen molar-refractivity contribution in [3.8, 4) is 0 Å². The Labute approximate surface area is 132 Å². The number of hydrogen-bond acceptors (Lipinski definition) is 5. The third kappa shape index (κ3) is 3.54. The van der Waals surface area contributed by atoms with Crippen molar-refractivity contribution in [1.29, 1.82) is 0 Å². The zero-order chi connectivity index (χ0) is 15.4. The molecule has 0 radical (unpaired) electrons. The molecule has 1 fully saturated rings. The van der Waals surface area contributed by atoms with Crippen molar-refractivity contribution in [2.75, 3.05) is 13.1 Å². The average Bonchev–Trinajstić information content (AvgIpc) is 3.21. The van der Waals surface area contributed by atoms with Gasteiger partial charge >= 0.3 is 0 Å². The summed E-state index contributed by atoms with van der Waals surface area (Å²) < 4.78 is 4.73. The van der Waals surface area contributed by atoms with Gasteiger partial charge in [-0.05, 0) is 24.3 Å². The van der Waals surface area contributed by atoms with E-state index in [1.54, 1.807) is 6.07 Å². The highest BCUT2D eigenvalue weighted by atomic mass is 32.1. The molecule has 0 bridgehead atoms. The first-order valence-electron chi connectivity index (χ1n) is 7.22. The lowest BCUT2D eigenvalue weighted by molar-refractivity contribution is -0.131. The highest BCUT2D eigenvalue weighted by molar-refractivity contribution is 7.08. The van der Waals surface area contributed by atoms with Gasteiger partial charge < -0.3 is 14.7 Å². The van der Waals surface area contributed by atoms with Gasteiger partial charge in [-0.15, -0.1) is 0 Å². The van der Waals surface area contributed by atoms with Gasteiger partial charge in [-0.1, -0.05) is 5.16 Å². The first-order valence-corrected chi connectivity index (χ1v) is 8.17. The van der Waals surface area contributed by atoms with Crippen molar-refractivity contribution in [3.63, 3.8) is 0 Å². The van der Waals surface area contributed by atoms with E-state index in [4.69, 9.17) is 4.52 Å². The number of piperidine rings is 1. The van der Waals surface area contributed by atoms with Gasteiger partial charge in [0, 0.05) is 36.1 Å². The number of likely N-dealkylation sites (tertiary alicyclic amines) is 1. The molecule has 6 nitrogen and oxygen atoms in total. The first-order chi connectivity index (χ1) is 10.7. The van der Waals surface area contributed by atoms with Crippen molar-refractivity contribution in [1.82, 2.24) is 15.4 Å². The van der Waals surface area contributed by atoms with Crippen LogP contribution in [0.3, 0.4) is 0 Å². The van der Waals surface area contributed by atoms with E-state index in [1.807, 2.05) is 21.7 Å². The van der Waals surface area contributed by atoms with Gasteiger partial charge in [-0.25, -0.2) is 0 Å². The second-order valence-corrected chi connectivity index (χ2v) is 6.09. The predicted molar refractivity (Wildman–Crippen MR) is 81.6 cm³/mol. The van der Waals surface area contributed by atoms with E-state index in [-0.39, 0.29) is 24.3 Å². The summed E-state index contributed by atoms with van der Waals surface area (Å²) in [4.78, 5) is 26.0. The van der Waals surface area contributed by atoms with Gasteiger partial charge in [-0.2, -0.15) is 11.3 Å². The van der Waals surface area contributed by atoms with E-state index in [0.717, 1.165) is 12.8 Å². The molecule has 0 aromatic carbocycles. The number of thiophene rings is 1. The molecule has 22 heavy (non-hydrogen) atoms. The normalized spacial score (nSPS) is 15.7. The van der Waals surface area contributed by atoms with Crippen molar-refractivity contribution in [3.05, 3.63) is 40.4 Å². The molecular formula is C15H17N3O3S. The SMILES string of the molecule is O=C(NC1CCN(C(=O)Cc2ccon2)CC1)c1ccsc1. The van der Waals surface area contributed by atoms with Gasteiger partial charge in [0.25, 0.3) is 5.91 Å². The number of carbonyl (C=O) groups excluding carboxylic acids is 2. The molecule has 1 saturated heterocycles. The summed E-state index contributed by atoms with van der Waals surface area (Å²) in [6, 6.07) is 3.64. The van der Waals surface area contributed by atoms with Crippen LogP contribution in [0.15, 0.2) is 33.7 Å². The summed E-state index contributed by atoms with van der Waals surface area (Å²) in [5.74, 6) is 0.0186. The fraction of sp³-hybridized carbons (Fsp3) is 0.400. The quantitative estimate of drug-likeness (QED) is 0.930. The Balaban J connectivity index is 1.46. The Kier molecular flexibility index (Phi) is 4.53. The minimum atomic E-state index is -0.0337. The van der Waals surface area contributed by atoms with Crippen LogP contribution in [0.25, 0.3) is 0 Å². The number of rotatable bonds is 4. The van der Waals surface area contributed by atoms with Crippen molar-refractivity contribution in [2.45, 2.75) is 25.3 Å². The van der Waals surface area contributed by atoms with Crippen LogP contribution in [0.2, 0.25) is 0 Å². The first kappa shape index (κ1) is 14.8. The Morgan fingerprint density at radius 3 is 2.82 bits per heavy atom. The maximum atomic E-state index is 12.1. The molecule has 0 spiro atoms. The highest BCUT2D eigenvalue weighted by Gasteiger charge is 2.24. The Hall–Kier alpha value is -2.15. The molecule has 2 aromatic rings. The summed E-state index contributed by atoms with van der Waals surface area (Å²) in [5, 5.41) is 10.5. The molecule has 3 rings (SSSR count). The van der Waals surface area contributed by atoms with E-state index < -0.39 is 0 Å². The number of amides is 2. The van der Waals surface area contributed by atoms with E-state index in [0.29, 0.717) is 24.3 Å². The molecule has 2 amide bonds. The van der Waals surface area contributed by atoms with Gasteiger partial charge in [0.15, 0.2) is 0 Å². The maximum absolute atomic E-state index is 12.1. The molecule has 1 aliphatic rings. The Bertz CT molecular complexity index is 617. The number of hydrogen-bond donors (Lipinski definition) is 1. The van der Waals surface area contributed by atoms with Crippen LogP contribution in [0, 0.1) is 0 Å². The summed E-state index contributed by atoms with van der Waals surface area (Å²) >= 11 is 1.51. The molecule has 0 unspecified atom stereocenters. The summed E-state index contributed by atoms with van der Waals surface area (Å²) in [7, 11) is 0. The standard InChI is InChI=1S/C15H17N3O3S/c19-14(9-13-3-7-21-17-13)18-5-1-12(2-6-18)16-15(20)11-4-8-22-10-11/h3-4,7-8,10,12H,1-2,5-6,9H2,(H,16,20). The summed E-state index contributed by atoms with van der Waals surface area (Å²) in [6.07, 6.45) is 3.29. The van der Waals surface area contributed by atoms with Crippen LogP contribution in [0.1, 0.15) is 28.9 Å². The second kappa shape index (κ2) is 6.74. The Morgan fingerprint density at radius 2 is 2.18 bits per heavy atom. The van der Waals surface area contributed by atoms with Crippen molar-refractivity contribution in [2.24, 2.45) is 0 Å². The molecule has 7 heteroatoms. The predicted octanol–water partition coefficient (Wildman–Crippen LogP) is 1.70. The van der Waals surface area contributed by atoms with Gasteiger partial charge in [0.2, 0.25) is 5.91 Å². The van der Waals surface area contributed by atoms with E-state index in [1.165, 1.54) is 17.6 Å². The van der Waals surface area contributed by atoms with E-state index in [2.05, 4.69) is 10.5 Å². The highest BCUT2D eigenvalue weighted by Crippen LogP contribution is 2.13. The van der Waals surface area contributed by atoms with Crippen molar-refractivity contribution < 1.29 is 14.1 Å². The van der Waals surface area contributed by atoms with Crippen LogP contribution in [-0.2, 0) is 11.2 Å². The lowest BCUT2D eigenvalue weighted by Crippen LogP contribution is -2.46. The lowest BCUT2D eigenvalue weighted by Gasteiger charge is -2.32. The molecule has 1 aliphatic heterocycles. The summed E-state index contributed by atoms with van der Waals surface area (Å²) in [5.41, 5.74) is 1.35. The number of carbonyl (C=O) groups is 2. The van der Waals surface area contributed by atoms with Crippen molar-refractivity contribution >= 4 is 23.2 Å².